The van der Waals surface area contributed by atoms with Crippen molar-refractivity contribution < 1.29 is 4.74 Å². The first-order valence-corrected chi connectivity index (χ1v) is 14.8. The molecule has 0 aliphatic carbocycles. The van der Waals surface area contributed by atoms with Gasteiger partial charge in [0.1, 0.15) is 24.1 Å². The molecule has 7 rings (SSSR count). The second-order valence-corrected chi connectivity index (χ2v) is 11.4. The predicted molar refractivity (Wildman–Crippen MR) is 154 cm³/mol. The van der Waals surface area contributed by atoms with Crippen LogP contribution in [0.5, 0.6) is 0 Å². The van der Waals surface area contributed by atoms with Gasteiger partial charge in [0.05, 0.1) is 30.3 Å². The Bertz CT molecular complexity index is 1500. The summed E-state index contributed by atoms with van der Waals surface area (Å²) >= 11 is 0. The van der Waals surface area contributed by atoms with Crippen LogP contribution in [0.2, 0.25) is 0 Å². The Hall–Kier alpha value is -3.33. The molecule has 3 aromatic rings. The topological polar surface area (TPSA) is 64.7 Å². The fourth-order valence-corrected chi connectivity index (χ4v) is 6.68. The second kappa shape index (κ2) is 10.0. The Kier molecular flexibility index (Phi) is 6.34. The number of benzene rings is 1. The van der Waals surface area contributed by atoms with Crippen LogP contribution in [0.1, 0.15) is 55.5 Å². The van der Waals surface area contributed by atoms with Crippen LogP contribution in [0.4, 0.5) is 11.6 Å². The molecule has 6 heterocycles. The van der Waals surface area contributed by atoms with Gasteiger partial charge in [-0.25, -0.2) is 4.98 Å². The summed E-state index contributed by atoms with van der Waals surface area (Å²) in [5.41, 5.74) is 4.82. The molecule has 9 nitrogen and oxygen atoms in total. The highest BCUT2D eigenvalue weighted by molar-refractivity contribution is 5.61. The standard InChI is InChI=1S/C30H40N8O/c1-4-22-9-10-23-29(21(22)2)30(34(3)20-31-23)37-13-6-5-8-25(37)24-18-27-32-26(35-11-7-12-35)19-28(38(27)33-24)36-14-16-39-17-15-36/h9-10,18-19,25H,4-8,11-17,20H2,1-3H3. The first kappa shape index (κ1) is 24.7. The number of nitrogens with zero attached hydrogens (tertiary/aromatic N) is 8. The van der Waals surface area contributed by atoms with Gasteiger partial charge in [-0.15, -0.1) is 0 Å². The largest absolute Gasteiger partial charge is 0.378 e. The Morgan fingerprint density at radius 1 is 0.974 bits per heavy atom. The van der Waals surface area contributed by atoms with Crippen molar-refractivity contribution in [3.05, 3.63) is 51.7 Å². The highest BCUT2D eigenvalue weighted by Crippen LogP contribution is 2.36. The number of hydrogen-bond donors (Lipinski definition) is 0. The summed E-state index contributed by atoms with van der Waals surface area (Å²) < 4.78 is 7.76. The minimum absolute atomic E-state index is 0.207. The van der Waals surface area contributed by atoms with Crippen LogP contribution in [-0.4, -0.2) is 84.1 Å². The van der Waals surface area contributed by atoms with E-state index >= 15 is 0 Å². The van der Waals surface area contributed by atoms with Crippen molar-refractivity contribution in [1.29, 1.82) is 0 Å². The molecule has 0 bridgehead atoms. The number of likely N-dealkylation sites (tertiary alicyclic amines) is 1. The number of rotatable bonds is 5. The van der Waals surface area contributed by atoms with Crippen LogP contribution >= 0.6 is 0 Å². The molecule has 4 aliphatic heterocycles. The van der Waals surface area contributed by atoms with E-state index in [1.807, 2.05) is 0 Å². The number of aryl methyl sites for hydroxylation is 1. The summed E-state index contributed by atoms with van der Waals surface area (Å²) in [6.07, 6.45) is 5.75. The molecule has 206 valence electrons. The summed E-state index contributed by atoms with van der Waals surface area (Å²) in [4.78, 5) is 19.8. The van der Waals surface area contributed by atoms with Gasteiger partial charge in [-0.2, -0.15) is 9.61 Å². The van der Waals surface area contributed by atoms with Crippen molar-refractivity contribution >= 4 is 23.1 Å². The number of fused-ring (bicyclic) bond motifs is 2. The van der Waals surface area contributed by atoms with E-state index in [0.717, 1.165) is 87.1 Å². The number of morpholine rings is 1. The zero-order chi connectivity index (χ0) is 26.5. The number of piperidine rings is 1. The average molecular weight is 529 g/mol. The van der Waals surface area contributed by atoms with Gasteiger partial charge in [-0.05, 0) is 56.2 Å². The molecule has 2 aromatic heterocycles. The smallest absolute Gasteiger partial charge is 0.160 e. The average Bonchev–Trinajstić information content (AvgIpc) is 3.37. The second-order valence-electron chi connectivity index (χ2n) is 11.4. The lowest BCUT2D eigenvalue weighted by Crippen LogP contribution is -2.49. The fraction of sp³-hybridized carbons (Fsp3) is 0.567. The van der Waals surface area contributed by atoms with E-state index in [0.29, 0.717) is 6.67 Å². The minimum Gasteiger partial charge on any atom is -0.378 e. The van der Waals surface area contributed by atoms with E-state index in [1.54, 1.807) is 0 Å². The van der Waals surface area contributed by atoms with Gasteiger partial charge in [-0.3, -0.25) is 4.99 Å². The maximum atomic E-state index is 5.67. The molecule has 0 radical (unpaired) electrons. The van der Waals surface area contributed by atoms with E-state index in [-0.39, 0.29) is 6.04 Å². The Morgan fingerprint density at radius 2 is 1.82 bits per heavy atom. The van der Waals surface area contributed by atoms with Crippen LogP contribution in [0.15, 0.2) is 29.3 Å². The van der Waals surface area contributed by atoms with Gasteiger partial charge in [0.15, 0.2) is 5.65 Å². The van der Waals surface area contributed by atoms with Crippen LogP contribution in [0, 0.1) is 6.92 Å². The van der Waals surface area contributed by atoms with Gasteiger partial charge < -0.3 is 24.3 Å². The molecule has 0 N–H and O–H groups in total. The summed E-state index contributed by atoms with van der Waals surface area (Å²) in [5.74, 6) is 3.51. The van der Waals surface area contributed by atoms with E-state index < -0.39 is 0 Å². The Labute approximate surface area is 230 Å². The quantitative estimate of drug-likeness (QED) is 0.504. The highest BCUT2D eigenvalue weighted by Gasteiger charge is 2.32. The zero-order valence-corrected chi connectivity index (χ0v) is 23.6. The molecule has 4 aliphatic rings. The monoisotopic (exact) mass is 528 g/mol. The summed E-state index contributed by atoms with van der Waals surface area (Å²) in [5, 5.41) is 7.71. The lowest BCUT2D eigenvalue weighted by atomic mass is 9.97. The van der Waals surface area contributed by atoms with E-state index in [1.165, 1.54) is 41.4 Å². The molecule has 1 unspecified atom stereocenters. The molecule has 1 atom stereocenters. The maximum Gasteiger partial charge on any atom is 0.160 e. The summed E-state index contributed by atoms with van der Waals surface area (Å²) in [7, 11) is 2.19. The van der Waals surface area contributed by atoms with Gasteiger partial charge in [0.25, 0.3) is 0 Å². The van der Waals surface area contributed by atoms with Crippen molar-refractivity contribution in [2.24, 2.45) is 4.99 Å². The van der Waals surface area contributed by atoms with Crippen LogP contribution in [0.25, 0.3) is 11.5 Å². The molecule has 9 heteroatoms. The molecule has 39 heavy (non-hydrogen) atoms. The lowest BCUT2D eigenvalue weighted by molar-refractivity contribution is 0.122. The van der Waals surface area contributed by atoms with Crippen molar-refractivity contribution in [2.75, 3.05) is 69.5 Å². The third-order valence-corrected chi connectivity index (χ3v) is 9.02. The van der Waals surface area contributed by atoms with Gasteiger partial charge in [0.2, 0.25) is 0 Å². The zero-order valence-electron chi connectivity index (χ0n) is 23.6. The van der Waals surface area contributed by atoms with Crippen molar-refractivity contribution in [3.63, 3.8) is 0 Å². The number of anilines is 2. The molecule has 0 spiro atoms. The first-order chi connectivity index (χ1) is 19.1. The van der Waals surface area contributed by atoms with Crippen LogP contribution in [0.3, 0.4) is 0 Å². The van der Waals surface area contributed by atoms with Crippen molar-refractivity contribution in [3.8, 4) is 0 Å². The Morgan fingerprint density at radius 3 is 2.59 bits per heavy atom. The predicted octanol–water partition coefficient (Wildman–Crippen LogP) is 2.46. The van der Waals surface area contributed by atoms with E-state index in [9.17, 15) is 0 Å². The van der Waals surface area contributed by atoms with Crippen LogP contribution in [-0.2, 0) is 11.2 Å². The Balaban J connectivity index is 1.36. The molecule has 3 saturated heterocycles. The third kappa shape index (κ3) is 4.22. The summed E-state index contributed by atoms with van der Waals surface area (Å²) in [6, 6.07) is 9.17. The number of hydrogen-bond acceptors (Lipinski definition) is 8. The normalized spacial score (nSPS) is 21.7. The van der Waals surface area contributed by atoms with E-state index in [4.69, 9.17) is 19.8 Å². The van der Waals surface area contributed by atoms with E-state index in [2.05, 4.69) is 69.3 Å². The first-order valence-electron chi connectivity index (χ1n) is 14.8. The highest BCUT2D eigenvalue weighted by atomic mass is 16.5. The SMILES string of the molecule is CCc1ccc2c(c1C)=C(N1CCCCC1c1cc3nc(N4CCC4)cc(N4CCOCC4)n3n1)N(C)CN=2. The molecular formula is C30H40N8O. The van der Waals surface area contributed by atoms with Gasteiger partial charge in [-0.1, -0.05) is 13.0 Å². The molecular weight excluding hydrogens is 488 g/mol. The fourth-order valence-electron chi connectivity index (χ4n) is 6.68. The van der Waals surface area contributed by atoms with Crippen molar-refractivity contribution in [1.82, 2.24) is 24.4 Å². The lowest BCUT2D eigenvalue weighted by Gasteiger charge is -2.42. The molecule has 3 fully saturated rings. The van der Waals surface area contributed by atoms with Gasteiger partial charge in [0, 0.05) is 57.1 Å². The minimum atomic E-state index is 0.207. The molecule has 0 amide bonds. The molecule has 1 aromatic carbocycles. The van der Waals surface area contributed by atoms with Crippen LogP contribution < -0.4 is 20.4 Å². The number of aromatic nitrogens is 3. The third-order valence-electron chi connectivity index (χ3n) is 9.02. The van der Waals surface area contributed by atoms with Gasteiger partial charge >= 0.3 is 0 Å². The molecule has 0 saturated carbocycles. The van der Waals surface area contributed by atoms with Crippen molar-refractivity contribution in [2.45, 2.75) is 52.0 Å². The maximum absolute atomic E-state index is 5.67. The summed E-state index contributed by atoms with van der Waals surface area (Å²) in [6.45, 7) is 11.6. The number of ether oxygens (including phenoxy) is 1.